The van der Waals surface area contributed by atoms with Gasteiger partial charge in [-0.05, 0) is 33.4 Å². The van der Waals surface area contributed by atoms with Crippen molar-refractivity contribution >= 4 is 11.9 Å². The van der Waals surface area contributed by atoms with Crippen LogP contribution in [0.5, 0.6) is 0 Å². The van der Waals surface area contributed by atoms with Crippen LogP contribution in [0.3, 0.4) is 0 Å². The van der Waals surface area contributed by atoms with Gasteiger partial charge in [0, 0.05) is 12.6 Å². The Bertz CT molecular complexity index is 455. The highest BCUT2D eigenvalue weighted by atomic mass is 16.2. The van der Waals surface area contributed by atoms with Gasteiger partial charge in [-0.25, -0.2) is 4.79 Å². The molecule has 20 heavy (non-hydrogen) atoms. The molecule has 110 valence electrons. The lowest BCUT2D eigenvalue weighted by Gasteiger charge is -2.16. The molecule has 0 heterocycles. The van der Waals surface area contributed by atoms with E-state index >= 15 is 0 Å². The Morgan fingerprint density at radius 1 is 1.20 bits per heavy atom. The van der Waals surface area contributed by atoms with Crippen molar-refractivity contribution in [2.24, 2.45) is 0 Å². The first kappa shape index (κ1) is 16.2. The van der Waals surface area contributed by atoms with Gasteiger partial charge in [-0.3, -0.25) is 15.0 Å². The topological polar surface area (TPSA) is 61.4 Å². The Balaban J connectivity index is 2.38. The monoisotopic (exact) mass is 277 g/mol. The molecule has 0 aliphatic heterocycles. The van der Waals surface area contributed by atoms with Crippen LogP contribution >= 0.6 is 0 Å². The molecule has 5 heteroatoms. The lowest BCUT2D eigenvalue weighted by Crippen LogP contribution is -2.45. The number of aryl methyl sites for hydroxylation is 1. The van der Waals surface area contributed by atoms with Crippen molar-refractivity contribution in [2.45, 2.75) is 33.4 Å². The molecule has 0 saturated carbocycles. The molecule has 0 aromatic heterocycles. The Labute approximate surface area is 120 Å². The van der Waals surface area contributed by atoms with Crippen LogP contribution in [0.2, 0.25) is 0 Å². The van der Waals surface area contributed by atoms with Gasteiger partial charge in [-0.15, -0.1) is 0 Å². The molecule has 1 aromatic rings. The van der Waals surface area contributed by atoms with Gasteiger partial charge in [0.05, 0.1) is 6.54 Å². The largest absolute Gasteiger partial charge is 0.336 e. The minimum Gasteiger partial charge on any atom is -0.336 e. The van der Waals surface area contributed by atoms with Crippen LogP contribution in [0.15, 0.2) is 24.3 Å². The second-order valence-corrected chi connectivity index (χ2v) is 5.33. The molecular formula is C15H23N3O2. The van der Waals surface area contributed by atoms with Crippen molar-refractivity contribution in [3.05, 3.63) is 35.4 Å². The number of nitrogens with one attached hydrogen (secondary N) is 2. The lowest BCUT2D eigenvalue weighted by atomic mass is 10.1. The Hall–Kier alpha value is -1.88. The zero-order valence-electron chi connectivity index (χ0n) is 12.6. The molecule has 1 aromatic carbocycles. The van der Waals surface area contributed by atoms with Crippen LogP contribution in [-0.2, 0) is 11.3 Å². The van der Waals surface area contributed by atoms with E-state index in [1.54, 1.807) is 0 Å². The quantitative estimate of drug-likeness (QED) is 0.860. The van der Waals surface area contributed by atoms with E-state index in [4.69, 9.17) is 0 Å². The number of hydrogen-bond acceptors (Lipinski definition) is 3. The van der Waals surface area contributed by atoms with Crippen LogP contribution in [0.4, 0.5) is 4.79 Å². The van der Waals surface area contributed by atoms with Gasteiger partial charge in [0.25, 0.3) is 0 Å². The summed E-state index contributed by atoms with van der Waals surface area (Å²) in [6.45, 7) is 6.56. The molecule has 2 N–H and O–H groups in total. The molecule has 0 spiro atoms. The summed E-state index contributed by atoms with van der Waals surface area (Å²) in [6.07, 6.45) is 0. The molecule has 1 rings (SSSR count). The SMILES string of the molecule is Cc1ccc(CN(C)CC(=O)NC(=O)NC(C)C)cc1. The molecule has 0 bridgehead atoms. The van der Waals surface area contributed by atoms with Crippen molar-refractivity contribution in [3.63, 3.8) is 0 Å². The fourth-order valence-electron chi connectivity index (χ4n) is 1.77. The van der Waals surface area contributed by atoms with E-state index in [0.717, 1.165) is 5.56 Å². The first-order valence-corrected chi connectivity index (χ1v) is 6.71. The molecule has 5 nitrogen and oxygen atoms in total. The van der Waals surface area contributed by atoms with E-state index in [2.05, 4.69) is 10.6 Å². The molecule has 3 amide bonds. The highest BCUT2D eigenvalue weighted by Crippen LogP contribution is 2.05. The zero-order valence-corrected chi connectivity index (χ0v) is 12.6. The number of carbonyl (C=O) groups excluding carboxylic acids is 2. The summed E-state index contributed by atoms with van der Waals surface area (Å²) in [4.78, 5) is 24.9. The molecule has 0 aliphatic carbocycles. The highest BCUT2D eigenvalue weighted by Gasteiger charge is 2.11. The average Bonchev–Trinajstić information content (AvgIpc) is 2.30. The van der Waals surface area contributed by atoms with E-state index in [-0.39, 0.29) is 18.5 Å². The number of urea groups is 1. The van der Waals surface area contributed by atoms with Crippen molar-refractivity contribution < 1.29 is 9.59 Å². The Kier molecular flexibility index (Phi) is 6.18. The maximum atomic E-state index is 11.7. The van der Waals surface area contributed by atoms with Gasteiger partial charge in [-0.1, -0.05) is 29.8 Å². The maximum Gasteiger partial charge on any atom is 0.321 e. The summed E-state index contributed by atoms with van der Waals surface area (Å²) >= 11 is 0. The third-order valence-corrected chi connectivity index (χ3v) is 2.66. The summed E-state index contributed by atoms with van der Waals surface area (Å²) < 4.78 is 0. The Morgan fingerprint density at radius 3 is 2.35 bits per heavy atom. The molecule has 0 saturated heterocycles. The minimum absolute atomic E-state index is 0.00749. The third-order valence-electron chi connectivity index (χ3n) is 2.66. The van der Waals surface area contributed by atoms with Gasteiger partial charge >= 0.3 is 6.03 Å². The molecular weight excluding hydrogens is 254 g/mol. The van der Waals surface area contributed by atoms with Gasteiger partial charge in [-0.2, -0.15) is 0 Å². The number of nitrogens with zero attached hydrogens (tertiary/aromatic N) is 1. The van der Waals surface area contributed by atoms with Gasteiger partial charge < -0.3 is 5.32 Å². The smallest absolute Gasteiger partial charge is 0.321 e. The number of amides is 3. The number of carbonyl (C=O) groups is 2. The van der Waals surface area contributed by atoms with Gasteiger partial charge in [0.15, 0.2) is 0 Å². The summed E-state index contributed by atoms with van der Waals surface area (Å²) in [6, 6.07) is 7.71. The van der Waals surface area contributed by atoms with E-state index in [9.17, 15) is 9.59 Å². The standard InChI is InChI=1S/C15H23N3O2/c1-11(2)16-15(20)17-14(19)10-18(4)9-13-7-5-12(3)6-8-13/h5-8,11H,9-10H2,1-4H3,(H2,16,17,19,20). The summed E-state index contributed by atoms with van der Waals surface area (Å²) in [5, 5.41) is 4.92. The van der Waals surface area contributed by atoms with Crippen LogP contribution in [0.1, 0.15) is 25.0 Å². The molecule has 0 radical (unpaired) electrons. The van der Waals surface area contributed by atoms with Crippen molar-refractivity contribution in [1.29, 1.82) is 0 Å². The van der Waals surface area contributed by atoms with Crippen molar-refractivity contribution in [3.8, 4) is 0 Å². The summed E-state index contributed by atoms with van der Waals surface area (Å²) in [7, 11) is 1.85. The molecule has 0 aliphatic rings. The first-order chi connectivity index (χ1) is 9.36. The normalized spacial score (nSPS) is 10.7. The lowest BCUT2D eigenvalue weighted by molar-refractivity contribution is -0.120. The van der Waals surface area contributed by atoms with E-state index in [0.29, 0.717) is 6.54 Å². The summed E-state index contributed by atoms with van der Waals surface area (Å²) in [5.74, 6) is -0.308. The van der Waals surface area contributed by atoms with Crippen LogP contribution in [0.25, 0.3) is 0 Å². The van der Waals surface area contributed by atoms with E-state index in [1.807, 2.05) is 57.0 Å². The van der Waals surface area contributed by atoms with Crippen molar-refractivity contribution in [2.75, 3.05) is 13.6 Å². The maximum absolute atomic E-state index is 11.7. The van der Waals surface area contributed by atoms with Crippen molar-refractivity contribution in [1.82, 2.24) is 15.5 Å². The number of imide groups is 1. The van der Waals surface area contributed by atoms with Gasteiger partial charge in [0.2, 0.25) is 5.91 Å². The fraction of sp³-hybridized carbons (Fsp3) is 0.467. The number of hydrogen-bond donors (Lipinski definition) is 2. The summed E-state index contributed by atoms with van der Waals surface area (Å²) in [5.41, 5.74) is 2.34. The molecule has 0 atom stereocenters. The second kappa shape index (κ2) is 7.65. The highest BCUT2D eigenvalue weighted by molar-refractivity contribution is 5.95. The van der Waals surface area contributed by atoms with Gasteiger partial charge in [0.1, 0.15) is 0 Å². The zero-order chi connectivity index (χ0) is 15.1. The fourth-order valence-corrected chi connectivity index (χ4v) is 1.77. The van der Waals surface area contributed by atoms with E-state index in [1.165, 1.54) is 5.56 Å². The minimum atomic E-state index is -0.450. The number of rotatable bonds is 5. The van der Waals surface area contributed by atoms with E-state index < -0.39 is 6.03 Å². The molecule has 0 unspecified atom stereocenters. The van der Waals surface area contributed by atoms with Crippen LogP contribution in [-0.4, -0.2) is 36.5 Å². The second-order valence-electron chi connectivity index (χ2n) is 5.33. The average molecular weight is 277 g/mol. The number of benzene rings is 1. The van der Waals surface area contributed by atoms with Crippen LogP contribution < -0.4 is 10.6 Å². The Morgan fingerprint density at radius 2 is 1.80 bits per heavy atom. The third kappa shape index (κ3) is 6.33. The predicted molar refractivity (Wildman–Crippen MR) is 79.3 cm³/mol. The molecule has 0 fully saturated rings. The number of likely N-dealkylation sites (N-methyl/N-ethyl adjacent to an activating group) is 1. The first-order valence-electron chi connectivity index (χ1n) is 6.71. The van der Waals surface area contributed by atoms with Crippen LogP contribution in [0, 0.1) is 6.92 Å². The predicted octanol–water partition coefficient (Wildman–Crippen LogP) is 1.66.